The summed E-state index contributed by atoms with van der Waals surface area (Å²) in [7, 11) is 0. The van der Waals surface area contributed by atoms with E-state index < -0.39 is 0 Å². The highest BCUT2D eigenvalue weighted by atomic mass is 32.1. The zero-order valence-electron chi connectivity index (χ0n) is 28.2. The van der Waals surface area contributed by atoms with E-state index in [2.05, 4.69) is 169 Å². The van der Waals surface area contributed by atoms with Crippen LogP contribution in [0.25, 0.3) is 66.6 Å². The Balaban J connectivity index is 1.01. The molecule has 6 aromatic carbocycles. The highest BCUT2D eigenvalue weighted by Gasteiger charge is 2.18. The second-order valence-electron chi connectivity index (χ2n) is 13.5. The van der Waals surface area contributed by atoms with Gasteiger partial charge in [-0.2, -0.15) is 0 Å². The standard InChI is InChI=1S/C48H35NOS/c1-2-8-32(9-3-1)33-14-22-38(23-15-33)49(39-24-16-34(17-25-39)36-20-28-46-43(30-36)41-10-4-6-12-45(41)50-46)40-26-18-35(19-27-40)37-21-29-48-44(31-37)42-11-5-7-13-47(42)51-48/h1-5,8-11,14-31H,6-7,12-13H2. The minimum absolute atomic E-state index is 0.965. The van der Waals surface area contributed by atoms with Crippen LogP contribution in [-0.4, -0.2) is 0 Å². The maximum absolute atomic E-state index is 6.18. The second kappa shape index (κ2) is 12.5. The van der Waals surface area contributed by atoms with Gasteiger partial charge in [0.15, 0.2) is 0 Å². The molecular formula is C48H35NOS. The fourth-order valence-corrected chi connectivity index (χ4v) is 8.94. The smallest absolute Gasteiger partial charge is 0.134 e. The third-order valence-corrected chi connectivity index (χ3v) is 11.6. The van der Waals surface area contributed by atoms with Crippen molar-refractivity contribution in [3.8, 4) is 33.4 Å². The van der Waals surface area contributed by atoms with E-state index in [0.717, 1.165) is 54.1 Å². The summed E-state index contributed by atoms with van der Waals surface area (Å²) in [4.78, 5) is 3.87. The van der Waals surface area contributed by atoms with Gasteiger partial charge in [0.25, 0.3) is 0 Å². The van der Waals surface area contributed by atoms with Crippen molar-refractivity contribution in [3.63, 3.8) is 0 Å². The number of fused-ring (bicyclic) bond motifs is 6. The lowest BCUT2D eigenvalue weighted by Gasteiger charge is -2.26. The van der Waals surface area contributed by atoms with Gasteiger partial charge >= 0.3 is 0 Å². The number of benzene rings is 6. The zero-order chi connectivity index (χ0) is 33.7. The molecule has 10 rings (SSSR count). The van der Waals surface area contributed by atoms with Gasteiger partial charge in [0.05, 0.1) is 0 Å². The van der Waals surface area contributed by atoms with Crippen LogP contribution in [-0.2, 0) is 12.8 Å². The van der Waals surface area contributed by atoms with Gasteiger partial charge in [0.2, 0.25) is 0 Å². The number of thiophene rings is 1. The Hall–Kier alpha value is -5.90. The van der Waals surface area contributed by atoms with E-state index in [9.17, 15) is 0 Å². The van der Waals surface area contributed by atoms with Crippen molar-refractivity contribution in [2.45, 2.75) is 25.7 Å². The first kappa shape index (κ1) is 30.0. The molecule has 0 aliphatic heterocycles. The molecule has 0 saturated heterocycles. The average Bonchev–Trinajstić information content (AvgIpc) is 3.77. The summed E-state index contributed by atoms with van der Waals surface area (Å²) in [5.74, 6) is 1.10. The summed E-state index contributed by atoms with van der Waals surface area (Å²) in [5, 5.41) is 2.56. The van der Waals surface area contributed by atoms with Gasteiger partial charge in [0, 0.05) is 49.4 Å². The normalized spacial score (nSPS) is 13.4. The third kappa shape index (κ3) is 5.42. The summed E-state index contributed by atoms with van der Waals surface area (Å²) < 4.78 is 7.56. The molecule has 0 radical (unpaired) electrons. The van der Waals surface area contributed by atoms with E-state index in [1.54, 1.807) is 0 Å². The third-order valence-electron chi connectivity index (χ3n) is 10.4. The molecule has 244 valence electrons. The van der Waals surface area contributed by atoms with Crippen molar-refractivity contribution in [1.29, 1.82) is 0 Å². The lowest BCUT2D eigenvalue weighted by atomic mass is 9.98. The van der Waals surface area contributed by atoms with Crippen molar-refractivity contribution in [2.24, 2.45) is 0 Å². The van der Waals surface area contributed by atoms with Gasteiger partial charge in [-0.25, -0.2) is 0 Å². The first-order valence-electron chi connectivity index (χ1n) is 17.9. The minimum Gasteiger partial charge on any atom is -0.460 e. The van der Waals surface area contributed by atoms with Crippen molar-refractivity contribution in [2.75, 3.05) is 4.90 Å². The van der Waals surface area contributed by atoms with Crippen molar-refractivity contribution < 1.29 is 4.42 Å². The fourth-order valence-electron chi connectivity index (χ4n) is 7.75. The summed E-state index contributed by atoms with van der Waals surface area (Å²) in [6.07, 6.45) is 13.4. The first-order chi connectivity index (χ1) is 25.2. The number of rotatable bonds is 6. The summed E-state index contributed by atoms with van der Waals surface area (Å²) >= 11 is 1.95. The van der Waals surface area contributed by atoms with Crippen LogP contribution in [0.1, 0.15) is 34.6 Å². The predicted octanol–water partition coefficient (Wildman–Crippen LogP) is 14.0. The average molecular weight is 674 g/mol. The molecule has 0 unspecified atom stereocenters. The molecule has 3 heteroatoms. The van der Waals surface area contributed by atoms with E-state index in [1.807, 2.05) is 11.3 Å². The number of aryl methyl sites for hydroxylation is 2. The largest absolute Gasteiger partial charge is 0.460 e. The van der Waals surface area contributed by atoms with Crippen molar-refractivity contribution >= 4 is 61.6 Å². The van der Waals surface area contributed by atoms with Gasteiger partial charge in [-0.3, -0.25) is 0 Å². The molecule has 2 aromatic heterocycles. The molecule has 0 fully saturated rings. The molecule has 2 aliphatic rings. The van der Waals surface area contributed by atoms with Crippen LogP contribution in [0.15, 0.2) is 156 Å². The number of hydrogen-bond donors (Lipinski definition) is 0. The monoisotopic (exact) mass is 673 g/mol. The summed E-state index contributed by atoms with van der Waals surface area (Å²) in [6, 6.07) is 51.0. The maximum Gasteiger partial charge on any atom is 0.134 e. The van der Waals surface area contributed by atoms with E-state index in [1.165, 1.54) is 64.9 Å². The van der Waals surface area contributed by atoms with Crippen molar-refractivity contribution in [3.05, 3.63) is 173 Å². The maximum atomic E-state index is 6.18. The van der Waals surface area contributed by atoms with E-state index >= 15 is 0 Å². The molecule has 0 amide bonds. The fraction of sp³-hybridized carbons (Fsp3) is 0.0833. The summed E-state index contributed by atoms with van der Waals surface area (Å²) in [6.45, 7) is 0. The van der Waals surface area contributed by atoms with E-state index in [4.69, 9.17) is 4.42 Å². The molecule has 51 heavy (non-hydrogen) atoms. The second-order valence-corrected chi connectivity index (χ2v) is 14.7. The first-order valence-corrected chi connectivity index (χ1v) is 18.7. The topological polar surface area (TPSA) is 16.4 Å². The van der Waals surface area contributed by atoms with E-state index in [0.29, 0.717) is 0 Å². The number of anilines is 3. The SMILES string of the molecule is C1=Cc2c(oc3ccc(-c4ccc(N(c5ccc(-c6ccccc6)cc5)c5ccc(-c6ccc7sc8c(c7c6)C=CCC8)cc5)cc4)cc23)CC1. The Labute approximate surface area is 302 Å². The number of allylic oxidation sites excluding steroid dienone is 2. The summed E-state index contributed by atoms with van der Waals surface area (Å²) in [5.41, 5.74) is 14.2. The van der Waals surface area contributed by atoms with Gasteiger partial charge in [0.1, 0.15) is 11.3 Å². The molecule has 0 spiro atoms. The minimum atomic E-state index is 0.965. The quantitative estimate of drug-likeness (QED) is 0.175. The molecule has 2 aliphatic carbocycles. The number of furan rings is 1. The highest BCUT2D eigenvalue weighted by molar-refractivity contribution is 7.19. The van der Waals surface area contributed by atoms with Gasteiger partial charge < -0.3 is 9.32 Å². The van der Waals surface area contributed by atoms with Crippen molar-refractivity contribution in [1.82, 2.24) is 0 Å². The van der Waals surface area contributed by atoms with Crippen LogP contribution < -0.4 is 4.90 Å². The van der Waals surface area contributed by atoms with Crippen LogP contribution in [0.4, 0.5) is 17.1 Å². The van der Waals surface area contributed by atoms with Crippen LogP contribution in [0.3, 0.4) is 0 Å². The molecule has 8 aromatic rings. The molecule has 0 bridgehead atoms. The van der Waals surface area contributed by atoms with Gasteiger partial charge in [-0.15, -0.1) is 11.3 Å². The molecular weight excluding hydrogens is 639 g/mol. The van der Waals surface area contributed by atoms with Crippen LogP contribution >= 0.6 is 11.3 Å². The Morgan fingerprint density at radius 2 is 1.00 bits per heavy atom. The van der Waals surface area contributed by atoms with Gasteiger partial charge in [-0.05, 0) is 119 Å². The lowest BCUT2D eigenvalue weighted by molar-refractivity contribution is 0.546. The molecule has 0 atom stereocenters. The highest BCUT2D eigenvalue weighted by Crippen LogP contribution is 2.41. The Morgan fingerprint density at radius 1 is 0.471 bits per heavy atom. The Morgan fingerprint density at radius 3 is 1.67 bits per heavy atom. The molecule has 2 heterocycles. The Kier molecular flexibility index (Phi) is 7.32. The Bertz CT molecular complexity index is 2460. The number of hydrogen-bond acceptors (Lipinski definition) is 3. The van der Waals surface area contributed by atoms with Crippen LogP contribution in [0.5, 0.6) is 0 Å². The molecule has 2 nitrogen and oxygen atoms in total. The lowest BCUT2D eigenvalue weighted by Crippen LogP contribution is -2.09. The number of nitrogens with zero attached hydrogens (tertiary/aromatic N) is 1. The predicted molar refractivity (Wildman–Crippen MR) is 217 cm³/mol. The van der Waals surface area contributed by atoms with Crippen LogP contribution in [0.2, 0.25) is 0 Å². The van der Waals surface area contributed by atoms with E-state index in [-0.39, 0.29) is 0 Å². The molecule has 0 saturated carbocycles. The van der Waals surface area contributed by atoms with Crippen LogP contribution in [0, 0.1) is 0 Å². The van der Waals surface area contributed by atoms with Gasteiger partial charge in [-0.1, -0.05) is 103 Å². The zero-order valence-corrected chi connectivity index (χ0v) is 29.0. The molecule has 0 N–H and O–H groups in total.